The van der Waals surface area contributed by atoms with Crippen LogP contribution in [0, 0.1) is 17.8 Å². The van der Waals surface area contributed by atoms with Gasteiger partial charge in [-0.05, 0) is 44.1 Å². The van der Waals surface area contributed by atoms with E-state index in [1.54, 1.807) is 0 Å². The van der Waals surface area contributed by atoms with Crippen molar-refractivity contribution in [3.8, 4) is 0 Å². The molecule has 2 aliphatic rings. The van der Waals surface area contributed by atoms with Gasteiger partial charge in [-0.1, -0.05) is 13.0 Å². The Hall–Kier alpha value is -0.790. The van der Waals surface area contributed by atoms with Crippen LogP contribution in [0.15, 0.2) is 12.2 Å². The lowest BCUT2D eigenvalue weighted by molar-refractivity contribution is -0.157. The van der Waals surface area contributed by atoms with Crippen LogP contribution in [0.1, 0.15) is 40.0 Å². The van der Waals surface area contributed by atoms with Crippen molar-refractivity contribution in [2.75, 3.05) is 0 Å². The van der Waals surface area contributed by atoms with Crippen LogP contribution < -0.4 is 0 Å². The molecule has 0 aliphatic heterocycles. The Bertz CT molecular complexity index is 295. The van der Waals surface area contributed by atoms with E-state index in [9.17, 15) is 4.79 Å². The molecule has 0 aromatic heterocycles. The molecule has 2 saturated carbocycles. The fraction of sp³-hybridized carbons (Fsp3) is 0.769. The summed E-state index contributed by atoms with van der Waals surface area (Å²) >= 11 is 0. The first-order chi connectivity index (χ1) is 7.09. The molecule has 0 aromatic rings. The lowest BCUT2D eigenvalue weighted by Crippen LogP contribution is -2.38. The van der Waals surface area contributed by atoms with Crippen molar-refractivity contribution < 1.29 is 9.53 Å². The average molecular weight is 208 g/mol. The minimum absolute atomic E-state index is 0.146. The number of ether oxygens (including phenoxy) is 1. The molecule has 0 amide bonds. The minimum atomic E-state index is -0.275. The van der Waals surface area contributed by atoms with Crippen LogP contribution >= 0.6 is 0 Å². The zero-order valence-electron chi connectivity index (χ0n) is 9.82. The van der Waals surface area contributed by atoms with E-state index in [1.165, 1.54) is 19.8 Å². The van der Waals surface area contributed by atoms with Gasteiger partial charge in [0, 0.05) is 12.8 Å². The van der Waals surface area contributed by atoms with Crippen molar-refractivity contribution in [3.05, 3.63) is 12.2 Å². The third-order valence-electron chi connectivity index (χ3n) is 4.22. The Morgan fingerprint density at radius 2 is 2.20 bits per heavy atom. The molecule has 0 radical (unpaired) electrons. The molecule has 0 spiro atoms. The molecule has 0 saturated heterocycles. The third kappa shape index (κ3) is 1.60. The topological polar surface area (TPSA) is 26.3 Å². The summed E-state index contributed by atoms with van der Waals surface area (Å²) in [4.78, 5) is 11.2. The predicted molar refractivity (Wildman–Crippen MR) is 59.3 cm³/mol. The fourth-order valence-corrected chi connectivity index (χ4v) is 3.68. The van der Waals surface area contributed by atoms with E-state index >= 15 is 0 Å². The molecule has 2 bridgehead atoms. The monoisotopic (exact) mass is 208 g/mol. The first-order valence-corrected chi connectivity index (χ1v) is 5.92. The highest BCUT2D eigenvalue weighted by molar-refractivity contribution is 5.67. The number of fused-ring (bicyclic) bond motifs is 2. The van der Waals surface area contributed by atoms with E-state index in [0.29, 0.717) is 11.8 Å². The Labute approximate surface area is 91.7 Å². The highest BCUT2D eigenvalue weighted by atomic mass is 16.6. The lowest BCUT2D eigenvalue weighted by Gasteiger charge is -2.34. The van der Waals surface area contributed by atoms with Crippen molar-refractivity contribution in [1.29, 1.82) is 0 Å². The highest BCUT2D eigenvalue weighted by Gasteiger charge is 2.56. The SMILES string of the molecule is C/C=C\C1(OC(C)=O)CC2CCC1C2C. The Morgan fingerprint density at radius 1 is 1.47 bits per heavy atom. The molecule has 2 aliphatic carbocycles. The quantitative estimate of drug-likeness (QED) is 0.515. The zero-order valence-corrected chi connectivity index (χ0v) is 9.82. The number of esters is 1. The van der Waals surface area contributed by atoms with E-state index in [2.05, 4.69) is 13.0 Å². The summed E-state index contributed by atoms with van der Waals surface area (Å²) in [5.41, 5.74) is -0.275. The molecular weight excluding hydrogens is 188 g/mol. The number of allylic oxidation sites excluding steroid dienone is 1. The predicted octanol–water partition coefficient (Wildman–Crippen LogP) is 2.93. The third-order valence-corrected chi connectivity index (χ3v) is 4.22. The number of hydrogen-bond donors (Lipinski definition) is 0. The highest BCUT2D eigenvalue weighted by Crippen LogP contribution is 2.56. The van der Waals surface area contributed by atoms with E-state index in [4.69, 9.17) is 4.74 Å². The van der Waals surface area contributed by atoms with Crippen LogP contribution in [0.3, 0.4) is 0 Å². The maximum atomic E-state index is 11.2. The first kappa shape index (κ1) is 10.7. The Morgan fingerprint density at radius 3 is 2.60 bits per heavy atom. The van der Waals surface area contributed by atoms with Gasteiger partial charge in [-0.15, -0.1) is 0 Å². The Balaban J connectivity index is 2.25. The van der Waals surface area contributed by atoms with E-state index in [-0.39, 0.29) is 11.6 Å². The second-order valence-electron chi connectivity index (χ2n) is 5.06. The molecule has 2 heteroatoms. The molecule has 2 nitrogen and oxygen atoms in total. The lowest BCUT2D eigenvalue weighted by atomic mass is 9.83. The van der Waals surface area contributed by atoms with Crippen LogP contribution in [0.5, 0.6) is 0 Å². The zero-order chi connectivity index (χ0) is 11.1. The minimum Gasteiger partial charge on any atom is -0.455 e. The van der Waals surface area contributed by atoms with Crippen LogP contribution in [0.4, 0.5) is 0 Å². The molecule has 4 unspecified atom stereocenters. The summed E-state index contributed by atoms with van der Waals surface area (Å²) in [7, 11) is 0. The van der Waals surface area contributed by atoms with Gasteiger partial charge < -0.3 is 4.74 Å². The van der Waals surface area contributed by atoms with Gasteiger partial charge in [0.25, 0.3) is 0 Å². The summed E-state index contributed by atoms with van der Waals surface area (Å²) in [6.45, 7) is 5.82. The summed E-state index contributed by atoms with van der Waals surface area (Å²) in [5, 5.41) is 0. The van der Waals surface area contributed by atoms with Gasteiger partial charge in [0.2, 0.25) is 0 Å². The second kappa shape index (κ2) is 3.66. The number of rotatable bonds is 2. The summed E-state index contributed by atoms with van der Waals surface area (Å²) in [6, 6.07) is 0. The summed E-state index contributed by atoms with van der Waals surface area (Å²) in [6.07, 6.45) is 7.68. The maximum Gasteiger partial charge on any atom is 0.303 e. The molecule has 15 heavy (non-hydrogen) atoms. The second-order valence-corrected chi connectivity index (χ2v) is 5.06. The molecule has 0 heterocycles. The summed E-state index contributed by atoms with van der Waals surface area (Å²) < 4.78 is 5.62. The van der Waals surface area contributed by atoms with Crippen molar-refractivity contribution in [2.24, 2.45) is 17.8 Å². The van der Waals surface area contributed by atoms with Crippen LogP contribution in [-0.2, 0) is 9.53 Å². The van der Waals surface area contributed by atoms with E-state index in [1.807, 2.05) is 13.0 Å². The molecule has 4 atom stereocenters. The van der Waals surface area contributed by atoms with Gasteiger partial charge in [-0.2, -0.15) is 0 Å². The van der Waals surface area contributed by atoms with Gasteiger partial charge in [0.15, 0.2) is 0 Å². The molecule has 2 fully saturated rings. The standard InChI is InChI=1S/C13H20O2/c1-4-7-13(15-10(3)14)8-11-5-6-12(13)9(11)2/h4,7,9,11-12H,5-6,8H2,1-3H3/b7-4-. The number of carbonyl (C=O) groups is 1. The van der Waals surface area contributed by atoms with Gasteiger partial charge in [-0.3, -0.25) is 4.79 Å². The average Bonchev–Trinajstić information content (AvgIpc) is 2.58. The van der Waals surface area contributed by atoms with Gasteiger partial charge in [0.1, 0.15) is 5.60 Å². The molecular formula is C13H20O2. The molecule has 84 valence electrons. The largest absolute Gasteiger partial charge is 0.455 e. The van der Waals surface area contributed by atoms with E-state index in [0.717, 1.165) is 12.3 Å². The Kier molecular flexibility index (Phi) is 2.61. The molecule has 2 rings (SSSR count). The smallest absolute Gasteiger partial charge is 0.303 e. The number of hydrogen-bond acceptors (Lipinski definition) is 2. The summed E-state index contributed by atoms with van der Waals surface area (Å²) in [5.74, 6) is 1.86. The van der Waals surface area contributed by atoms with Crippen LogP contribution in [-0.4, -0.2) is 11.6 Å². The van der Waals surface area contributed by atoms with Gasteiger partial charge in [-0.25, -0.2) is 0 Å². The molecule has 0 N–H and O–H groups in total. The first-order valence-electron chi connectivity index (χ1n) is 5.92. The van der Waals surface area contributed by atoms with Crippen LogP contribution in [0.25, 0.3) is 0 Å². The van der Waals surface area contributed by atoms with Crippen molar-refractivity contribution in [1.82, 2.24) is 0 Å². The van der Waals surface area contributed by atoms with Crippen molar-refractivity contribution in [3.63, 3.8) is 0 Å². The van der Waals surface area contributed by atoms with Crippen molar-refractivity contribution >= 4 is 5.97 Å². The number of carbonyl (C=O) groups excluding carboxylic acids is 1. The fourth-order valence-electron chi connectivity index (χ4n) is 3.68. The maximum absolute atomic E-state index is 11.2. The van der Waals surface area contributed by atoms with Crippen molar-refractivity contribution in [2.45, 2.75) is 45.6 Å². The van der Waals surface area contributed by atoms with E-state index < -0.39 is 0 Å². The van der Waals surface area contributed by atoms with Gasteiger partial charge >= 0.3 is 5.97 Å². The normalized spacial score (nSPS) is 43.8. The molecule has 0 aromatic carbocycles. The van der Waals surface area contributed by atoms with Crippen LogP contribution in [0.2, 0.25) is 0 Å². The van der Waals surface area contributed by atoms with Gasteiger partial charge in [0.05, 0.1) is 0 Å².